The number of nitrogens with zero attached hydrogens (tertiary/aromatic N) is 2. The lowest BCUT2D eigenvalue weighted by Crippen LogP contribution is -2.22. The van der Waals surface area contributed by atoms with Crippen molar-refractivity contribution in [2.45, 2.75) is 12.8 Å². The maximum atomic E-state index is 11.8. The highest BCUT2D eigenvalue weighted by molar-refractivity contribution is 5.72. The molecule has 4 nitrogen and oxygen atoms in total. The molecule has 1 aliphatic rings. The molecule has 0 aliphatic heterocycles. The Morgan fingerprint density at radius 2 is 1.75 bits per heavy atom. The van der Waals surface area contributed by atoms with Crippen LogP contribution in [0.3, 0.4) is 0 Å². The molecule has 24 heavy (non-hydrogen) atoms. The molecule has 0 spiro atoms. The number of rotatable bonds is 3. The zero-order valence-electron chi connectivity index (χ0n) is 13.1. The molecule has 0 amide bonds. The third kappa shape index (κ3) is 2.74. The molecule has 0 atom stereocenters. The molecule has 3 aromatic rings. The number of anilines is 2. The first kappa shape index (κ1) is 14.5. The number of hydrogen-bond acceptors (Lipinski definition) is 3. The second kappa shape index (κ2) is 6.16. The number of para-hydroxylation sites is 1. The van der Waals surface area contributed by atoms with E-state index in [9.17, 15) is 4.79 Å². The number of nitrogens with one attached hydrogen (secondary N) is 1. The van der Waals surface area contributed by atoms with Gasteiger partial charge in [-0.05, 0) is 42.2 Å². The molecule has 4 rings (SSSR count). The van der Waals surface area contributed by atoms with Crippen LogP contribution >= 0.6 is 0 Å². The standard InChI is InChI=1S/C20H17N3O/c24-20-13-19(21-14-22-20)23(17-8-2-1-3-9-17)18-11-10-15-6-4-5-7-16(15)12-18/h1-9,12-14H,10-11H2,(H,21,22,24). The lowest BCUT2D eigenvalue weighted by Gasteiger charge is -2.29. The van der Waals surface area contributed by atoms with Crippen molar-refractivity contribution in [1.29, 1.82) is 0 Å². The Labute approximate surface area is 140 Å². The van der Waals surface area contributed by atoms with Crippen molar-refractivity contribution in [3.63, 3.8) is 0 Å². The maximum Gasteiger partial charge on any atom is 0.252 e. The highest BCUT2D eigenvalue weighted by Gasteiger charge is 2.19. The van der Waals surface area contributed by atoms with Crippen LogP contribution in [0, 0.1) is 0 Å². The summed E-state index contributed by atoms with van der Waals surface area (Å²) >= 11 is 0. The number of H-pyrrole nitrogens is 1. The minimum atomic E-state index is -0.155. The fourth-order valence-corrected chi connectivity index (χ4v) is 3.10. The van der Waals surface area contributed by atoms with E-state index in [4.69, 9.17) is 0 Å². The fourth-order valence-electron chi connectivity index (χ4n) is 3.10. The Balaban J connectivity index is 1.85. The van der Waals surface area contributed by atoms with Gasteiger partial charge in [0.2, 0.25) is 0 Å². The number of aromatic nitrogens is 2. The Hall–Kier alpha value is -3.14. The van der Waals surface area contributed by atoms with Crippen LogP contribution in [-0.4, -0.2) is 9.97 Å². The Kier molecular flexibility index (Phi) is 3.71. The zero-order chi connectivity index (χ0) is 16.4. The molecule has 1 aliphatic carbocycles. The number of aryl methyl sites for hydroxylation is 1. The smallest absolute Gasteiger partial charge is 0.252 e. The average molecular weight is 315 g/mol. The molecule has 0 fully saturated rings. The maximum absolute atomic E-state index is 11.8. The van der Waals surface area contributed by atoms with Gasteiger partial charge in [0.05, 0.1) is 6.33 Å². The second-order valence-electron chi connectivity index (χ2n) is 5.77. The van der Waals surface area contributed by atoms with E-state index in [0.29, 0.717) is 5.82 Å². The van der Waals surface area contributed by atoms with Crippen LogP contribution in [-0.2, 0) is 6.42 Å². The number of fused-ring (bicyclic) bond motifs is 1. The Morgan fingerprint density at radius 3 is 2.58 bits per heavy atom. The van der Waals surface area contributed by atoms with Crippen molar-refractivity contribution < 1.29 is 0 Å². The molecule has 118 valence electrons. The van der Waals surface area contributed by atoms with Crippen LogP contribution in [0.15, 0.2) is 77.5 Å². The molecule has 0 radical (unpaired) electrons. The van der Waals surface area contributed by atoms with Crippen molar-refractivity contribution in [2.75, 3.05) is 4.90 Å². The SMILES string of the molecule is O=c1cc(N(C2=Cc3ccccc3CC2)c2ccccc2)nc[nH]1. The van der Waals surface area contributed by atoms with Crippen molar-refractivity contribution in [1.82, 2.24) is 9.97 Å². The van der Waals surface area contributed by atoms with Gasteiger partial charge in [-0.15, -0.1) is 0 Å². The van der Waals surface area contributed by atoms with E-state index in [0.717, 1.165) is 24.2 Å². The Bertz CT molecular complexity index is 944. The zero-order valence-corrected chi connectivity index (χ0v) is 13.1. The predicted molar refractivity (Wildman–Crippen MR) is 96.2 cm³/mol. The molecular formula is C20H17N3O. The lowest BCUT2D eigenvalue weighted by atomic mass is 9.94. The summed E-state index contributed by atoms with van der Waals surface area (Å²) in [5, 5.41) is 0. The van der Waals surface area contributed by atoms with E-state index in [1.165, 1.54) is 23.5 Å². The third-order valence-corrected chi connectivity index (χ3v) is 4.22. The second-order valence-corrected chi connectivity index (χ2v) is 5.77. The van der Waals surface area contributed by atoms with E-state index in [-0.39, 0.29) is 5.56 Å². The first-order valence-corrected chi connectivity index (χ1v) is 8.00. The number of benzene rings is 2. The summed E-state index contributed by atoms with van der Waals surface area (Å²) in [5.41, 5.74) is 4.56. The number of allylic oxidation sites excluding steroid dienone is 1. The molecule has 1 heterocycles. The van der Waals surface area contributed by atoms with Gasteiger partial charge in [-0.25, -0.2) is 4.98 Å². The first-order valence-electron chi connectivity index (χ1n) is 8.00. The normalized spacial score (nSPS) is 13.1. The molecular weight excluding hydrogens is 298 g/mol. The van der Waals surface area contributed by atoms with E-state index >= 15 is 0 Å². The van der Waals surface area contributed by atoms with Crippen molar-refractivity contribution in [3.05, 3.63) is 94.2 Å². The molecule has 2 aromatic carbocycles. The van der Waals surface area contributed by atoms with Gasteiger partial charge >= 0.3 is 0 Å². The predicted octanol–water partition coefficient (Wildman–Crippen LogP) is 3.90. The van der Waals surface area contributed by atoms with E-state index < -0.39 is 0 Å². The van der Waals surface area contributed by atoms with Gasteiger partial charge in [0.25, 0.3) is 5.56 Å². The summed E-state index contributed by atoms with van der Waals surface area (Å²) in [5.74, 6) is 0.635. The van der Waals surface area contributed by atoms with Crippen LogP contribution < -0.4 is 10.5 Å². The topological polar surface area (TPSA) is 49.0 Å². The molecule has 1 N–H and O–H groups in total. The summed E-state index contributed by atoms with van der Waals surface area (Å²) in [4.78, 5) is 20.8. The monoisotopic (exact) mass is 315 g/mol. The minimum absolute atomic E-state index is 0.155. The summed E-state index contributed by atoms with van der Waals surface area (Å²) in [6.45, 7) is 0. The van der Waals surface area contributed by atoms with Crippen LogP contribution in [0.2, 0.25) is 0 Å². The summed E-state index contributed by atoms with van der Waals surface area (Å²) in [6.07, 6.45) is 5.52. The highest BCUT2D eigenvalue weighted by atomic mass is 16.1. The van der Waals surface area contributed by atoms with Gasteiger partial charge in [-0.2, -0.15) is 0 Å². The largest absolute Gasteiger partial charge is 0.313 e. The molecule has 0 unspecified atom stereocenters. The molecule has 4 heteroatoms. The Morgan fingerprint density at radius 1 is 0.958 bits per heavy atom. The summed E-state index contributed by atoms with van der Waals surface area (Å²) < 4.78 is 0. The van der Waals surface area contributed by atoms with Gasteiger partial charge in [0.1, 0.15) is 5.82 Å². The van der Waals surface area contributed by atoms with E-state index in [2.05, 4.69) is 45.2 Å². The molecule has 0 bridgehead atoms. The van der Waals surface area contributed by atoms with Gasteiger partial charge in [0, 0.05) is 17.5 Å². The first-order chi connectivity index (χ1) is 11.8. The molecule has 1 aromatic heterocycles. The molecule has 0 saturated heterocycles. The van der Waals surface area contributed by atoms with E-state index in [1.807, 2.05) is 30.3 Å². The number of hydrogen-bond donors (Lipinski definition) is 1. The quantitative estimate of drug-likeness (QED) is 0.797. The van der Waals surface area contributed by atoms with Crippen LogP contribution in [0.1, 0.15) is 17.5 Å². The van der Waals surface area contributed by atoms with Crippen molar-refractivity contribution >= 4 is 17.6 Å². The van der Waals surface area contributed by atoms with Gasteiger partial charge in [0.15, 0.2) is 0 Å². The van der Waals surface area contributed by atoms with Gasteiger partial charge in [-0.3, -0.25) is 9.69 Å². The molecule has 0 saturated carbocycles. The fraction of sp³-hybridized carbons (Fsp3) is 0.100. The summed E-state index contributed by atoms with van der Waals surface area (Å²) in [7, 11) is 0. The highest BCUT2D eigenvalue weighted by Crippen LogP contribution is 2.33. The third-order valence-electron chi connectivity index (χ3n) is 4.22. The van der Waals surface area contributed by atoms with Crippen molar-refractivity contribution in [3.8, 4) is 0 Å². The van der Waals surface area contributed by atoms with Crippen LogP contribution in [0.4, 0.5) is 11.5 Å². The lowest BCUT2D eigenvalue weighted by molar-refractivity contribution is 0.883. The minimum Gasteiger partial charge on any atom is -0.313 e. The summed E-state index contributed by atoms with van der Waals surface area (Å²) in [6, 6.07) is 20.0. The van der Waals surface area contributed by atoms with Gasteiger partial charge < -0.3 is 4.98 Å². The van der Waals surface area contributed by atoms with Crippen LogP contribution in [0.5, 0.6) is 0 Å². The van der Waals surface area contributed by atoms with Gasteiger partial charge in [-0.1, -0.05) is 42.5 Å². The number of aromatic amines is 1. The van der Waals surface area contributed by atoms with Crippen LogP contribution in [0.25, 0.3) is 6.08 Å². The average Bonchev–Trinajstić information content (AvgIpc) is 2.63. The van der Waals surface area contributed by atoms with Crippen molar-refractivity contribution in [2.24, 2.45) is 0 Å². The van der Waals surface area contributed by atoms with E-state index in [1.54, 1.807) is 0 Å².